The Hall–Kier alpha value is -1.61. The van der Waals surface area contributed by atoms with E-state index < -0.39 is 0 Å². The molecule has 0 bridgehead atoms. The van der Waals surface area contributed by atoms with Crippen LogP contribution in [0.2, 0.25) is 0 Å². The monoisotopic (exact) mass is 246 g/mol. The maximum atomic E-state index is 12.1. The number of methoxy groups -OCH3 is 1. The van der Waals surface area contributed by atoms with Crippen LogP contribution in [0.4, 0.5) is 0 Å². The summed E-state index contributed by atoms with van der Waals surface area (Å²) < 4.78 is 5.10. The molecule has 0 spiro atoms. The second-order valence-corrected chi connectivity index (χ2v) is 4.78. The Morgan fingerprint density at radius 2 is 1.94 bits per heavy atom. The van der Waals surface area contributed by atoms with Crippen LogP contribution in [0.5, 0.6) is 5.75 Å². The quantitative estimate of drug-likeness (QED) is 0.768. The van der Waals surface area contributed by atoms with Crippen LogP contribution in [-0.2, 0) is 0 Å². The molecule has 0 N–H and O–H groups in total. The SMILES string of the molecule is COc1ccc(C(C)C(=O)c2cccs2)cc1. The van der Waals surface area contributed by atoms with E-state index in [1.807, 2.05) is 48.7 Å². The number of ketones is 1. The number of benzene rings is 1. The smallest absolute Gasteiger partial charge is 0.179 e. The van der Waals surface area contributed by atoms with Crippen LogP contribution in [0.25, 0.3) is 0 Å². The molecule has 0 saturated heterocycles. The van der Waals surface area contributed by atoms with E-state index in [9.17, 15) is 4.79 Å². The van der Waals surface area contributed by atoms with Gasteiger partial charge < -0.3 is 4.74 Å². The lowest BCUT2D eigenvalue weighted by molar-refractivity contribution is 0.0970. The van der Waals surface area contributed by atoms with Gasteiger partial charge in [0.25, 0.3) is 0 Å². The molecule has 1 aromatic carbocycles. The van der Waals surface area contributed by atoms with Gasteiger partial charge in [0.05, 0.1) is 12.0 Å². The standard InChI is InChI=1S/C14H14O2S/c1-10(14(15)13-4-3-9-17-13)11-5-7-12(16-2)8-6-11/h3-10H,1-2H3. The maximum Gasteiger partial charge on any atom is 0.179 e. The summed E-state index contributed by atoms with van der Waals surface area (Å²) in [6.07, 6.45) is 0. The molecule has 0 saturated carbocycles. The van der Waals surface area contributed by atoms with Crippen molar-refractivity contribution in [2.24, 2.45) is 0 Å². The first kappa shape index (κ1) is 11.9. The van der Waals surface area contributed by atoms with Crippen LogP contribution in [0.3, 0.4) is 0 Å². The van der Waals surface area contributed by atoms with Crippen LogP contribution >= 0.6 is 11.3 Å². The van der Waals surface area contributed by atoms with Gasteiger partial charge in [0.1, 0.15) is 5.75 Å². The Morgan fingerprint density at radius 1 is 1.24 bits per heavy atom. The fourth-order valence-corrected chi connectivity index (χ4v) is 2.43. The Balaban J connectivity index is 2.19. The molecule has 1 atom stereocenters. The minimum absolute atomic E-state index is 0.112. The van der Waals surface area contributed by atoms with E-state index in [4.69, 9.17) is 4.74 Å². The highest BCUT2D eigenvalue weighted by Gasteiger charge is 2.17. The summed E-state index contributed by atoms with van der Waals surface area (Å²) in [5, 5.41) is 1.92. The van der Waals surface area contributed by atoms with Crippen LogP contribution in [0, 0.1) is 0 Å². The first-order chi connectivity index (χ1) is 8.22. The topological polar surface area (TPSA) is 26.3 Å². The summed E-state index contributed by atoms with van der Waals surface area (Å²) >= 11 is 1.49. The first-order valence-electron chi connectivity index (χ1n) is 5.44. The molecule has 0 aliphatic rings. The fourth-order valence-electron chi connectivity index (χ4n) is 1.68. The molecule has 0 radical (unpaired) electrons. The van der Waals surface area contributed by atoms with Crippen LogP contribution in [0.15, 0.2) is 41.8 Å². The van der Waals surface area contributed by atoms with Crippen molar-refractivity contribution >= 4 is 17.1 Å². The highest BCUT2D eigenvalue weighted by molar-refractivity contribution is 7.12. The van der Waals surface area contributed by atoms with Gasteiger partial charge in [0.2, 0.25) is 0 Å². The summed E-state index contributed by atoms with van der Waals surface area (Å²) in [5.74, 6) is 0.870. The highest BCUT2D eigenvalue weighted by atomic mass is 32.1. The molecule has 3 heteroatoms. The normalized spacial score (nSPS) is 12.1. The third kappa shape index (κ3) is 2.56. The van der Waals surface area contributed by atoms with Crippen molar-refractivity contribution in [1.82, 2.24) is 0 Å². The second kappa shape index (κ2) is 5.15. The van der Waals surface area contributed by atoms with Crippen LogP contribution in [-0.4, -0.2) is 12.9 Å². The van der Waals surface area contributed by atoms with Gasteiger partial charge >= 0.3 is 0 Å². The Morgan fingerprint density at radius 3 is 2.47 bits per heavy atom. The van der Waals surface area contributed by atoms with Crippen molar-refractivity contribution in [2.45, 2.75) is 12.8 Å². The van der Waals surface area contributed by atoms with E-state index in [1.165, 1.54) is 11.3 Å². The molecule has 88 valence electrons. The predicted molar refractivity (Wildman–Crippen MR) is 70.1 cm³/mol. The summed E-state index contributed by atoms with van der Waals surface area (Å²) in [6, 6.07) is 11.4. The molecule has 1 heterocycles. The number of hydrogen-bond acceptors (Lipinski definition) is 3. The Kier molecular flexibility index (Phi) is 3.59. The minimum Gasteiger partial charge on any atom is -0.497 e. The van der Waals surface area contributed by atoms with Gasteiger partial charge in [-0.05, 0) is 29.1 Å². The number of Topliss-reactive ketones (excluding diaryl/α,β-unsaturated/α-hetero) is 1. The second-order valence-electron chi connectivity index (χ2n) is 3.84. The fraction of sp³-hybridized carbons (Fsp3) is 0.214. The largest absolute Gasteiger partial charge is 0.497 e. The zero-order chi connectivity index (χ0) is 12.3. The van der Waals surface area contributed by atoms with Gasteiger partial charge in [-0.15, -0.1) is 11.3 Å². The maximum absolute atomic E-state index is 12.1. The van der Waals surface area contributed by atoms with E-state index in [0.29, 0.717) is 0 Å². The van der Waals surface area contributed by atoms with Gasteiger partial charge in [0.15, 0.2) is 5.78 Å². The summed E-state index contributed by atoms with van der Waals surface area (Å²) in [4.78, 5) is 13.0. The third-order valence-corrected chi connectivity index (χ3v) is 3.66. The summed E-state index contributed by atoms with van der Waals surface area (Å²) in [6.45, 7) is 1.93. The van der Waals surface area contributed by atoms with Gasteiger partial charge in [-0.25, -0.2) is 0 Å². The molecule has 2 aromatic rings. The zero-order valence-electron chi connectivity index (χ0n) is 9.84. The number of carbonyl (C=O) groups excluding carboxylic acids is 1. The molecule has 0 aliphatic carbocycles. The molecular weight excluding hydrogens is 232 g/mol. The molecular formula is C14H14O2S. The molecule has 1 unspecified atom stereocenters. The Labute approximate surface area is 105 Å². The average Bonchev–Trinajstić information content (AvgIpc) is 2.91. The molecule has 1 aromatic heterocycles. The molecule has 2 rings (SSSR count). The van der Waals surface area contributed by atoms with E-state index in [1.54, 1.807) is 7.11 Å². The van der Waals surface area contributed by atoms with Crippen molar-refractivity contribution in [3.05, 3.63) is 52.2 Å². The highest BCUT2D eigenvalue weighted by Crippen LogP contribution is 2.24. The van der Waals surface area contributed by atoms with Gasteiger partial charge in [-0.1, -0.05) is 25.1 Å². The predicted octanol–water partition coefficient (Wildman–Crippen LogP) is 3.74. The minimum atomic E-state index is -0.112. The van der Waals surface area contributed by atoms with E-state index in [-0.39, 0.29) is 11.7 Å². The summed E-state index contributed by atoms with van der Waals surface area (Å²) in [7, 11) is 1.63. The molecule has 0 aliphatic heterocycles. The average molecular weight is 246 g/mol. The molecule has 0 amide bonds. The lowest BCUT2D eigenvalue weighted by Gasteiger charge is -2.10. The summed E-state index contributed by atoms with van der Waals surface area (Å²) in [5.41, 5.74) is 1.02. The molecule has 17 heavy (non-hydrogen) atoms. The number of hydrogen-bond donors (Lipinski definition) is 0. The van der Waals surface area contributed by atoms with Crippen LogP contribution < -0.4 is 4.74 Å². The van der Waals surface area contributed by atoms with Gasteiger partial charge in [-0.2, -0.15) is 0 Å². The number of carbonyl (C=O) groups is 1. The van der Waals surface area contributed by atoms with Crippen molar-refractivity contribution < 1.29 is 9.53 Å². The third-order valence-electron chi connectivity index (χ3n) is 2.77. The zero-order valence-corrected chi connectivity index (χ0v) is 10.7. The Bertz CT molecular complexity index is 485. The lowest BCUT2D eigenvalue weighted by atomic mass is 9.96. The lowest BCUT2D eigenvalue weighted by Crippen LogP contribution is -2.07. The van der Waals surface area contributed by atoms with Gasteiger partial charge in [-0.3, -0.25) is 4.79 Å². The van der Waals surface area contributed by atoms with Crippen LogP contribution in [0.1, 0.15) is 28.1 Å². The van der Waals surface area contributed by atoms with Gasteiger partial charge in [0, 0.05) is 5.92 Å². The first-order valence-corrected chi connectivity index (χ1v) is 6.32. The number of ether oxygens (including phenoxy) is 1. The number of rotatable bonds is 4. The van der Waals surface area contributed by atoms with Crippen molar-refractivity contribution in [2.75, 3.05) is 7.11 Å². The number of thiophene rings is 1. The van der Waals surface area contributed by atoms with Crippen molar-refractivity contribution in [1.29, 1.82) is 0 Å². The van der Waals surface area contributed by atoms with E-state index in [0.717, 1.165) is 16.2 Å². The molecule has 0 fully saturated rings. The van der Waals surface area contributed by atoms with E-state index >= 15 is 0 Å². The van der Waals surface area contributed by atoms with Crippen molar-refractivity contribution in [3.63, 3.8) is 0 Å². The van der Waals surface area contributed by atoms with Crippen molar-refractivity contribution in [3.8, 4) is 5.75 Å². The molecule has 2 nitrogen and oxygen atoms in total. The van der Waals surface area contributed by atoms with E-state index in [2.05, 4.69) is 0 Å².